The van der Waals surface area contributed by atoms with E-state index in [1.807, 2.05) is 24.3 Å². The molecular formula is C27H30N2O5. The van der Waals surface area contributed by atoms with Crippen molar-refractivity contribution in [2.45, 2.75) is 62.4 Å². The molecule has 3 N–H and O–H groups in total. The van der Waals surface area contributed by atoms with Gasteiger partial charge in [0, 0.05) is 5.92 Å². The number of carboxylic acids is 1. The van der Waals surface area contributed by atoms with E-state index in [-0.39, 0.29) is 12.5 Å². The van der Waals surface area contributed by atoms with Gasteiger partial charge in [0.15, 0.2) is 0 Å². The molecular weight excluding hydrogens is 432 g/mol. The monoisotopic (exact) mass is 462 g/mol. The average molecular weight is 463 g/mol. The van der Waals surface area contributed by atoms with Crippen LogP contribution in [0.1, 0.15) is 62.0 Å². The summed E-state index contributed by atoms with van der Waals surface area (Å²) < 4.78 is 5.62. The number of fused-ring (bicyclic) bond motifs is 3. The maximum absolute atomic E-state index is 13.1. The van der Waals surface area contributed by atoms with Crippen LogP contribution < -0.4 is 10.6 Å². The number of hydrogen-bond donors (Lipinski definition) is 3. The van der Waals surface area contributed by atoms with Crippen LogP contribution in [0.15, 0.2) is 48.5 Å². The number of carboxylic acid groups (broad SMARTS) is 1. The van der Waals surface area contributed by atoms with Crippen molar-refractivity contribution in [3.63, 3.8) is 0 Å². The summed E-state index contributed by atoms with van der Waals surface area (Å²) in [6.45, 7) is 0.163. The maximum Gasteiger partial charge on any atom is 0.407 e. The van der Waals surface area contributed by atoms with Gasteiger partial charge in [-0.15, -0.1) is 0 Å². The number of carbonyl (C=O) groups excluding carboxylic acids is 2. The van der Waals surface area contributed by atoms with E-state index >= 15 is 0 Å². The molecule has 34 heavy (non-hydrogen) atoms. The Kier molecular flexibility index (Phi) is 6.02. The second kappa shape index (κ2) is 9.12. The molecule has 1 unspecified atom stereocenters. The fourth-order valence-corrected chi connectivity index (χ4v) is 5.39. The van der Waals surface area contributed by atoms with Gasteiger partial charge in [0.25, 0.3) is 0 Å². The predicted octanol–water partition coefficient (Wildman–Crippen LogP) is 4.21. The Labute approximate surface area is 198 Å². The summed E-state index contributed by atoms with van der Waals surface area (Å²) in [4.78, 5) is 37.7. The predicted molar refractivity (Wildman–Crippen MR) is 126 cm³/mol. The maximum atomic E-state index is 13.1. The molecule has 2 fully saturated rings. The van der Waals surface area contributed by atoms with Crippen LogP contribution >= 0.6 is 0 Å². The van der Waals surface area contributed by atoms with Crippen LogP contribution in [0.3, 0.4) is 0 Å². The van der Waals surface area contributed by atoms with E-state index in [0.717, 1.165) is 47.9 Å². The summed E-state index contributed by atoms with van der Waals surface area (Å²) in [6.07, 6.45) is 4.22. The van der Waals surface area contributed by atoms with E-state index in [1.165, 1.54) is 0 Å². The summed E-state index contributed by atoms with van der Waals surface area (Å²) >= 11 is 0. The number of nitrogens with one attached hydrogen (secondary N) is 2. The molecule has 2 aromatic carbocycles. The van der Waals surface area contributed by atoms with Gasteiger partial charge in [-0.1, -0.05) is 74.2 Å². The zero-order chi connectivity index (χ0) is 23.7. The smallest absolute Gasteiger partial charge is 0.407 e. The fourth-order valence-electron chi connectivity index (χ4n) is 5.39. The minimum atomic E-state index is -1.23. The number of amides is 2. The number of alkyl carbamates (subject to hydrolysis) is 1. The highest BCUT2D eigenvalue weighted by molar-refractivity contribution is 5.91. The lowest BCUT2D eigenvalue weighted by Crippen LogP contribution is -2.58. The van der Waals surface area contributed by atoms with Gasteiger partial charge < -0.3 is 20.5 Å². The van der Waals surface area contributed by atoms with Gasteiger partial charge >= 0.3 is 12.1 Å². The number of rotatable bonds is 8. The van der Waals surface area contributed by atoms with Crippen molar-refractivity contribution in [1.29, 1.82) is 0 Å². The first-order chi connectivity index (χ1) is 16.5. The molecule has 5 rings (SSSR count). The van der Waals surface area contributed by atoms with Crippen LogP contribution in [0.5, 0.6) is 0 Å². The second-order valence-electron chi connectivity index (χ2n) is 9.79. The molecule has 2 amide bonds. The van der Waals surface area contributed by atoms with Gasteiger partial charge in [0.1, 0.15) is 18.2 Å². The third kappa shape index (κ3) is 4.39. The first-order valence-electron chi connectivity index (χ1n) is 12.1. The summed E-state index contributed by atoms with van der Waals surface area (Å²) in [6, 6.07) is 15.4. The van der Waals surface area contributed by atoms with Gasteiger partial charge in [-0.2, -0.15) is 0 Å². The number of hydrogen-bond acceptors (Lipinski definition) is 4. The van der Waals surface area contributed by atoms with E-state index in [2.05, 4.69) is 34.9 Å². The van der Waals surface area contributed by atoms with Crippen molar-refractivity contribution in [3.8, 4) is 11.1 Å². The SMILES string of the molecule is O=C(NC(CC1CC1)C(=O)NC1(C(=O)O)CCCC1)OCC1c2ccccc2-c2ccccc21. The minimum Gasteiger partial charge on any atom is -0.480 e. The van der Waals surface area contributed by atoms with E-state index in [1.54, 1.807) is 0 Å². The van der Waals surface area contributed by atoms with E-state index in [0.29, 0.717) is 25.2 Å². The molecule has 2 saturated carbocycles. The van der Waals surface area contributed by atoms with Gasteiger partial charge in [0.05, 0.1) is 0 Å². The van der Waals surface area contributed by atoms with Crippen LogP contribution in [-0.2, 0) is 14.3 Å². The van der Waals surface area contributed by atoms with E-state index < -0.39 is 29.6 Å². The highest BCUT2D eigenvalue weighted by Crippen LogP contribution is 2.44. The summed E-state index contributed by atoms with van der Waals surface area (Å²) in [5.74, 6) is -1.15. The van der Waals surface area contributed by atoms with Gasteiger partial charge in [0.2, 0.25) is 5.91 Å². The zero-order valence-electron chi connectivity index (χ0n) is 19.1. The van der Waals surface area contributed by atoms with Crippen LogP contribution in [0.4, 0.5) is 4.79 Å². The van der Waals surface area contributed by atoms with Crippen molar-refractivity contribution < 1.29 is 24.2 Å². The largest absolute Gasteiger partial charge is 0.480 e. The molecule has 3 aliphatic carbocycles. The molecule has 178 valence electrons. The standard InChI is InChI=1S/C27H30N2O5/c30-24(29-27(25(31)32)13-5-6-14-27)23(15-17-11-12-17)28-26(33)34-16-22-20-9-3-1-7-18(20)19-8-2-4-10-21(19)22/h1-4,7-10,17,22-23H,5-6,11-16H2,(H,28,33)(H,29,30)(H,31,32). The van der Waals surface area contributed by atoms with Crippen LogP contribution in [0.2, 0.25) is 0 Å². The molecule has 0 aliphatic heterocycles. The highest BCUT2D eigenvalue weighted by atomic mass is 16.5. The normalized spacial score (nSPS) is 19.1. The lowest BCUT2D eigenvalue weighted by Gasteiger charge is -2.28. The summed E-state index contributed by atoms with van der Waals surface area (Å²) in [5.41, 5.74) is 3.30. The van der Waals surface area contributed by atoms with Crippen LogP contribution in [0, 0.1) is 5.92 Å². The molecule has 7 heteroatoms. The zero-order valence-corrected chi connectivity index (χ0v) is 19.1. The van der Waals surface area contributed by atoms with Gasteiger partial charge in [-0.05, 0) is 47.4 Å². The fraction of sp³-hybridized carbons (Fsp3) is 0.444. The van der Waals surface area contributed by atoms with E-state index in [9.17, 15) is 19.5 Å². The molecule has 1 atom stereocenters. The lowest BCUT2D eigenvalue weighted by molar-refractivity contribution is -0.147. The van der Waals surface area contributed by atoms with Crippen LogP contribution in [0.25, 0.3) is 11.1 Å². The molecule has 0 spiro atoms. The van der Waals surface area contributed by atoms with Crippen molar-refractivity contribution in [1.82, 2.24) is 10.6 Å². The Morgan fingerprint density at radius 3 is 2.12 bits per heavy atom. The molecule has 7 nitrogen and oxygen atoms in total. The summed E-state index contributed by atoms with van der Waals surface area (Å²) in [7, 11) is 0. The third-order valence-electron chi connectivity index (χ3n) is 7.45. The van der Waals surface area contributed by atoms with Crippen molar-refractivity contribution in [2.75, 3.05) is 6.61 Å². The lowest BCUT2D eigenvalue weighted by atomic mass is 9.96. The Hall–Kier alpha value is -3.35. The van der Waals surface area contributed by atoms with Crippen molar-refractivity contribution in [3.05, 3.63) is 59.7 Å². The topological polar surface area (TPSA) is 105 Å². The first-order valence-corrected chi connectivity index (χ1v) is 12.1. The van der Waals surface area contributed by atoms with Crippen molar-refractivity contribution in [2.24, 2.45) is 5.92 Å². The first kappa shape index (κ1) is 22.4. The Bertz CT molecular complexity index is 1060. The Morgan fingerprint density at radius 2 is 1.56 bits per heavy atom. The minimum absolute atomic E-state index is 0.0670. The highest BCUT2D eigenvalue weighted by Gasteiger charge is 2.44. The van der Waals surface area contributed by atoms with E-state index in [4.69, 9.17) is 4.74 Å². The number of ether oxygens (including phenoxy) is 1. The molecule has 2 aromatic rings. The van der Waals surface area contributed by atoms with Crippen molar-refractivity contribution >= 4 is 18.0 Å². The second-order valence-corrected chi connectivity index (χ2v) is 9.79. The Morgan fingerprint density at radius 1 is 0.971 bits per heavy atom. The number of carbonyl (C=O) groups is 3. The molecule has 3 aliphatic rings. The quantitative estimate of drug-likeness (QED) is 0.545. The number of aliphatic carboxylic acids is 1. The third-order valence-corrected chi connectivity index (χ3v) is 7.45. The number of benzene rings is 2. The van der Waals surface area contributed by atoms with Crippen LogP contribution in [-0.4, -0.2) is 41.3 Å². The van der Waals surface area contributed by atoms with Gasteiger partial charge in [-0.3, -0.25) is 4.79 Å². The molecule has 0 bridgehead atoms. The van der Waals surface area contributed by atoms with Gasteiger partial charge in [-0.25, -0.2) is 9.59 Å². The molecule has 0 aromatic heterocycles. The molecule has 0 heterocycles. The Balaban J connectivity index is 1.25. The summed E-state index contributed by atoms with van der Waals surface area (Å²) in [5, 5.41) is 15.2. The average Bonchev–Trinajstić information content (AvgIpc) is 3.42. The molecule has 0 saturated heterocycles. The molecule has 0 radical (unpaired) electrons.